The smallest absolute Gasteiger partial charge is 0.243 e. The number of nitrogens with one attached hydrogen (secondary N) is 1. The second kappa shape index (κ2) is 4.52. The molecule has 88 valence electrons. The minimum absolute atomic E-state index is 0.129. The quantitative estimate of drug-likeness (QED) is 0.730. The molecule has 1 heterocycles. The maximum Gasteiger partial charge on any atom is 0.243 e. The van der Waals surface area contributed by atoms with Crippen LogP contribution in [0.3, 0.4) is 0 Å². The Morgan fingerprint density at radius 3 is 2.81 bits per heavy atom. The average molecular weight is 223 g/mol. The van der Waals surface area contributed by atoms with E-state index in [1.54, 1.807) is 13.8 Å². The summed E-state index contributed by atoms with van der Waals surface area (Å²) < 4.78 is 0. The SMILES string of the molecule is CCC1C(=O)NCCN1C(=O)C(C)(C)C#N. The van der Waals surface area contributed by atoms with Crippen molar-refractivity contribution in [1.82, 2.24) is 10.2 Å². The number of hydrogen-bond acceptors (Lipinski definition) is 3. The molecule has 0 aliphatic carbocycles. The summed E-state index contributed by atoms with van der Waals surface area (Å²) in [6, 6.07) is 1.54. The summed E-state index contributed by atoms with van der Waals surface area (Å²) in [7, 11) is 0. The van der Waals surface area contributed by atoms with Gasteiger partial charge in [-0.3, -0.25) is 9.59 Å². The number of hydrogen-bond donors (Lipinski definition) is 1. The molecule has 1 aliphatic heterocycles. The number of amides is 2. The molecule has 5 heteroatoms. The van der Waals surface area contributed by atoms with Crippen LogP contribution in [0.15, 0.2) is 0 Å². The van der Waals surface area contributed by atoms with Gasteiger partial charge in [0.2, 0.25) is 11.8 Å². The Morgan fingerprint density at radius 2 is 2.31 bits per heavy atom. The third-order valence-electron chi connectivity index (χ3n) is 2.79. The van der Waals surface area contributed by atoms with Gasteiger partial charge in [-0.25, -0.2) is 0 Å². The predicted octanol–water partition coefficient (Wildman–Crippen LogP) is 0.273. The van der Waals surface area contributed by atoms with Gasteiger partial charge in [0, 0.05) is 13.1 Å². The van der Waals surface area contributed by atoms with E-state index in [2.05, 4.69) is 5.32 Å². The summed E-state index contributed by atoms with van der Waals surface area (Å²) in [6.45, 7) is 5.95. The number of rotatable bonds is 2. The lowest BCUT2D eigenvalue weighted by Gasteiger charge is -2.37. The summed E-state index contributed by atoms with van der Waals surface area (Å²) in [4.78, 5) is 25.2. The highest BCUT2D eigenvalue weighted by atomic mass is 16.2. The third-order valence-corrected chi connectivity index (χ3v) is 2.79. The van der Waals surface area contributed by atoms with Crippen LogP contribution in [0.25, 0.3) is 0 Å². The first kappa shape index (κ1) is 12.5. The van der Waals surface area contributed by atoms with Gasteiger partial charge in [0.25, 0.3) is 0 Å². The molecule has 2 amide bonds. The number of carbonyl (C=O) groups is 2. The van der Waals surface area contributed by atoms with Crippen LogP contribution in [-0.2, 0) is 9.59 Å². The highest BCUT2D eigenvalue weighted by Gasteiger charge is 2.39. The largest absolute Gasteiger partial charge is 0.353 e. The molecule has 1 aliphatic rings. The van der Waals surface area contributed by atoms with Crippen molar-refractivity contribution >= 4 is 11.8 Å². The molecule has 1 atom stereocenters. The molecule has 0 saturated carbocycles. The van der Waals surface area contributed by atoms with E-state index in [9.17, 15) is 9.59 Å². The van der Waals surface area contributed by atoms with Gasteiger partial charge in [-0.15, -0.1) is 0 Å². The fourth-order valence-electron chi connectivity index (χ4n) is 1.77. The van der Waals surface area contributed by atoms with E-state index >= 15 is 0 Å². The zero-order valence-corrected chi connectivity index (χ0v) is 9.91. The maximum absolute atomic E-state index is 12.1. The average Bonchev–Trinajstić information content (AvgIpc) is 2.27. The molecule has 0 aromatic heterocycles. The summed E-state index contributed by atoms with van der Waals surface area (Å²) in [6.07, 6.45) is 0.569. The molecule has 0 aromatic carbocycles. The van der Waals surface area contributed by atoms with Crippen molar-refractivity contribution in [3.63, 3.8) is 0 Å². The van der Waals surface area contributed by atoms with Crippen LogP contribution in [0, 0.1) is 16.7 Å². The molecule has 0 aromatic rings. The minimum atomic E-state index is -1.06. The lowest BCUT2D eigenvalue weighted by molar-refractivity contribution is -0.147. The first-order chi connectivity index (χ1) is 7.44. The van der Waals surface area contributed by atoms with Gasteiger partial charge < -0.3 is 10.2 Å². The monoisotopic (exact) mass is 223 g/mol. The molecular weight excluding hydrogens is 206 g/mol. The van der Waals surface area contributed by atoms with Crippen LogP contribution >= 0.6 is 0 Å². The molecule has 1 saturated heterocycles. The summed E-state index contributed by atoms with van der Waals surface area (Å²) in [5.74, 6) is -0.396. The van der Waals surface area contributed by atoms with Crippen LogP contribution < -0.4 is 5.32 Å². The summed E-state index contributed by atoms with van der Waals surface area (Å²) in [5.41, 5.74) is -1.06. The molecule has 1 fully saturated rings. The minimum Gasteiger partial charge on any atom is -0.353 e. The lowest BCUT2D eigenvalue weighted by Crippen LogP contribution is -2.59. The van der Waals surface area contributed by atoms with Crippen LogP contribution in [-0.4, -0.2) is 35.8 Å². The standard InChI is InChI=1S/C11H17N3O2/c1-4-8-9(15)13-5-6-14(8)10(16)11(2,3)7-12/h8H,4-6H2,1-3H3,(H,13,15). The van der Waals surface area contributed by atoms with Gasteiger partial charge in [-0.2, -0.15) is 5.26 Å². The first-order valence-electron chi connectivity index (χ1n) is 5.44. The highest BCUT2D eigenvalue weighted by molar-refractivity contribution is 5.92. The van der Waals surface area contributed by atoms with Crippen molar-refractivity contribution in [2.75, 3.05) is 13.1 Å². The van der Waals surface area contributed by atoms with Crippen molar-refractivity contribution in [2.45, 2.75) is 33.2 Å². The summed E-state index contributed by atoms with van der Waals surface area (Å²) in [5, 5.41) is 11.6. The maximum atomic E-state index is 12.1. The summed E-state index contributed by atoms with van der Waals surface area (Å²) >= 11 is 0. The highest BCUT2D eigenvalue weighted by Crippen LogP contribution is 2.21. The Labute approximate surface area is 95.4 Å². The van der Waals surface area contributed by atoms with E-state index in [-0.39, 0.29) is 11.8 Å². The van der Waals surface area contributed by atoms with Crippen LogP contribution in [0.1, 0.15) is 27.2 Å². The van der Waals surface area contributed by atoms with Crippen molar-refractivity contribution < 1.29 is 9.59 Å². The predicted molar refractivity (Wildman–Crippen MR) is 58.2 cm³/mol. The Bertz CT molecular complexity index is 344. The number of piperazine rings is 1. The van der Waals surface area contributed by atoms with Gasteiger partial charge in [0.1, 0.15) is 11.5 Å². The van der Waals surface area contributed by atoms with Gasteiger partial charge in [-0.1, -0.05) is 6.92 Å². The fraction of sp³-hybridized carbons (Fsp3) is 0.727. The molecule has 5 nitrogen and oxygen atoms in total. The van der Waals surface area contributed by atoms with E-state index in [0.717, 1.165) is 0 Å². The zero-order chi connectivity index (χ0) is 12.3. The second-order valence-corrected chi connectivity index (χ2v) is 4.45. The lowest BCUT2D eigenvalue weighted by atomic mass is 9.92. The number of nitriles is 1. The van der Waals surface area contributed by atoms with Gasteiger partial charge in [-0.05, 0) is 20.3 Å². The Hall–Kier alpha value is -1.57. The van der Waals surface area contributed by atoms with Crippen molar-refractivity contribution in [3.8, 4) is 6.07 Å². The molecule has 0 bridgehead atoms. The zero-order valence-electron chi connectivity index (χ0n) is 9.91. The van der Waals surface area contributed by atoms with Crippen LogP contribution in [0.2, 0.25) is 0 Å². The molecule has 1 N–H and O–H groups in total. The third kappa shape index (κ3) is 2.16. The van der Waals surface area contributed by atoms with Crippen LogP contribution in [0.4, 0.5) is 0 Å². The Kier molecular flexibility index (Phi) is 3.53. The van der Waals surface area contributed by atoms with E-state index in [4.69, 9.17) is 5.26 Å². The molecule has 1 unspecified atom stereocenters. The van der Waals surface area contributed by atoms with E-state index in [1.807, 2.05) is 13.0 Å². The molecule has 16 heavy (non-hydrogen) atoms. The number of nitrogens with zero attached hydrogens (tertiary/aromatic N) is 2. The Morgan fingerprint density at radius 1 is 1.69 bits per heavy atom. The van der Waals surface area contributed by atoms with Gasteiger partial charge in [0.05, 0.1) is 6.07 Å². The first-order valence-corrected chi connectivity index (χ1v) is 5.44. The van der Waals surface area contributed by atoms with Gasteiger partial charge in [0.15, 0.2) is 0 Å². The normalized spacial score (nSPS) is 21.2. The molecule has 0 radical (unpaired) electrons. The molecular formula is C11H17N3O2. The van der Waals surface area contributed by atoms with Crippen molar-refractivity contribution in [2.24, 2.45) is 5.41 Å². The topological polar surface area (TPSA) is 73.2 Å². The van der Waals surface area contributed by atoms with E-state index in [1.165, 1.54) is 4.90 Å². The van der Waals surface area contributed by atoms with E-state index in [0.29, 0.717) is 19.5 Å². The van der Waals surface area contributed by atoms with Crippen molar-refractivity contribution in [1.29, 1.82) is 5.26 Å². The number of carbonyl (C=O) groups excluding carboxylic acids is 2. The molecule has 0 spiro atoms. The fourth-order valence-corrected chi connectivity index (χ4v) is 1.77. The van der Waals surface area contributed by atoms with Crippen LogP contribution in [0.5, 0.6) is 0 Å². The van der Waals surface area contributed by atoms with Gasteiger partial charge >= 0.3 is 0 Å². The second-order valence-electron chi connectivity index (χ2n) is 4.45. The molecule has 1 rings (SSSR count). The van der Waals surface area contributed by atoms with Crippen molar-refractivity contribution in [3.05, 3.63) is 0 Å². The Balaban J connectivity index is 2.90. The van der Waals surface area contributed by atoms with E-state index < -0.39 is 11.5 Å².